The molecular formula is C16H15NO2. The third-order valence-electron chi connectivity index (χ3n) is 2.72. The van der Waals surface area contributed by atoms with E-state index >= 15 is 0 Å². The van der Waals surface area contributed by atoms with Gasteiger partial charge in [0.05, 0.1) is 7.11 Å². The highest BCUT2D eigenvalue weighted by Crippen LogP contribution is 2.19. The molecule has 0 aliphatic carbocycles. The van der Waals surface area contributed by atoms with E-state index in [9.17, 15) is 4.79 Å². The van der Waals surface area contributed by atoms with Gasteiger partial charge in [-0.3, -0.25) is 4.79 Å². The summed E-state index contributed by atoms with van der Waals surface area (Å²) in [5, 5.41) is 0. The topological polar surface area (TPSA) is 52.3 Å². The number of rotatable bonds is 4. The Morgan fingerprint density at radius 3 is 2.68 bits per heavy atom. The molecule has 3 nitrogen and oxygen atoms in total. The molecule has 0 bridgehead atoms. The van der Waals surface area contributed by atoms with E-state index in [4.69, 9.17) is 10.5 Å². The van der Waals surface area contributed by atoms with Gasteiger partial charge in [-0.2, -0.15) is 0 Å². The van der Waals surface area contributed by atoms with Crippen LogP contribution in [0, 0.1) is 0 Å². The van der Waals surface area contributed by atoms with Crippen LogP contribution in [0.4, 0.5) is 5.69 Å². The Kier molecular flexibility index (Phi) is 3.98. The molecule has 0 fully saturated rings. The molecule has 0 saturated carbocycles. The first-order valence-corrected chi connectivity index (χ1v) is 5.91. The number of methoxy groups -OCH3 is 1. The van der Waals surface area contributed by atoms with Gasteiger partial charge in [-0.1, -0.05) is 30.3 Å². The molecule has 0 amide bonds. The summed E-state index contributed by atoms with van der Waals surface area (Å²) < 4.78 is 5.22. The van der Waals surface area contributed by atoms with Crippen LogP contribution in [0.15, 0.2) is 54.6 Å². The third kappa shape index (κ3) is 3.22. The van der Waals surface area contributed by atoms with Crippen LogP contribution in [0.5, 0.6) is 5.75 Å². The zero-order chi connectivity index (χ0) is 13.7. The Morgan fingerprint density at radius 2 is 1.95 bits per heavy atom. The van der Waals surface area contributed by atoms with E-state index in [2.05, 4.69) is 0 Å². The summed E-state index contributed by atoms with van der Waals surface area (Å²) >= 11 is 0. The zero-order valence-corrected chi connectivity index (χ0v) is 10.7. The predicted molar refractivity (Wildman–Crippen MR) is 77.2 cm³/mol. The van der Waals surface area contributed by atoms with Crippen LogP contribution in [-0.2, 0) is 0 Å². The number of nitrogen functional groups attached to an aromatic ring is 1. The van der Waals surface area contributed by atoms with E-state index in [-0.39, 0.29) is 5.78 Å². The van der Waals surface area contributed by atoms with E-state index in [0.29, 0.717) is 11.3 Å². The first-order chi connectivity index (χ1) is 9.20. The number of anilines is 1. The molecule has 2 N–H and O–H groups in total. The molecule has 19 heavy (non-hydrogen) atoms. The van der Waals surface area contributed by atoms with Gasteiger partial charge < -0.3 is 10.5 Å². The lowest BCUT2D eigenvalue weighted by Gasteiger charge is -2.03. The van der Waals surface area contributed by atoms with Crippen LogP contribution in [0.3, 0.4) is 0 Å². The number of carbonyl (C=O) groups excluding carboxylic acids is 1. The molecule has 2 rings (SSSR count). The Labute approximate surface area is 112 Å². The van der Waals surface area contributed by atoms with Crippen molar-refractivity contribution in [2.75, 3.05) is 12.8 Å². The minimum absolute atomic E-state index is 0.0850. The molecule has 2 aromatic carbocycles. The summed E-state index contributed by atoms with van der Waals surface area (Å²) in [4.78, 5) is 12.0. The molecule has 0 aliphatic rings. The maximum atomic E-state index is 12.0. The van der Waals surface area contributed by atoms with Gasteiger partial charge >= 0.3 is 0 Å². The van der Waals surface area contributed by atoms with Crippen molar-refractivity contribution in [3.8, 4) is 5.75 Å². The molecule has 0 heterocycles. The zero-order valence-electron chi connectivity index (χ0n) is 10.7. The van der Waals surface area contributed by atoms with Crippen LogP contribution in [-0.4, -0.2) is 12.9 Å². The van der Waals surface area contributed by atoms with Crippen LogP contribution in [0.1, 0.15) is 15.9 Å². The summed E-state index contributed by atoms with van der Waals surface area (Å²) in [6.07, 6.45) is 3.26. The molecule has 0 aliphatic heterocycles. The quantitative estimate of drug-likeness (QED) is 0.517. The lowest BCUT2D eigenvalue weighted by molar-refractivity contribution is 0.104. The minimum atomic E-state index is -0.0850. The monoisotopic (exact) mass is 253 g/mol. The predicted octanol–water partition coefficient (Wildman–Crippen LogP) is 3.17. The fraction of sp³-hybridized carbons (Fsp3) is 0.0625. The number of benzene rings is 2. The Hall–Kier alpha value is -2.55. The van der Waals surface area contributed by atoms with Crippen molar-refractivity contribution in [3.63, 3.8) is 0 Å². The number of hydrogen-bond donors (Lipinski definition) is 1. The van der Waals surface area contributed by atoms with Gasteiger partial charge in [-0.05, 0) is 30.4 Å². The van der Waals surface area contributed by atoms with Crippen LogP contribution in [0.2, 0.25) is 0 Å². The summed E-state index contributed by atoms with van der Waals surface area (Å²) in [5.74, 6) is 0.650. The number of ketones is 1. The van der Waals surface area contributed by atoms with Crippen molar-refractivity contribution < 1.29 is 9.53 Å². The Balaban J connectivity index is 2.21. The smallest absolute Gasteiger partial charge is 0.185 e. The van der Waals surface area contributed by atoms with E-state index in [1.807, 2.05) is 24.3 Å². The van der Waals surface area contributed by atoms with Gasteiger partial charge in [-0.15, -0.1) is 0 Å². The van der Waals surface area contributed by atoms with Crippen molar-refractivity contribution in [2.24, 2.45) is 0 Å². The number of nitrogens with two attached hydrogens (primary N) is 1. The van der Waals surface area contributed by atoms with Gasteiger partial charge in [0.25, 0.3) is 0 Å². The van der Waals surface area contributed by atoms with Crippen molar-refractivity contribution in [1.82, 2.24) is 0 Å². The maximum absolute atomic E-state index is 12.0. The van der Waals surface area contributed by atoms with Crippen molar-refractivity contribution in [2.45, 2.75) is 0 Å². The normalized spacial score (nSPS) is 10.6. The fourth-order valence-electron chi connectivity index (χ4n) is 1.76. The molecule has 3 heteroatoms. The van der Waals surface area contributed by atoms with E-state index in [1.54, 1.807) is 37.5 Å². The molecule has 0 aromatic heterocycles. The van der Waals surface area contributed by atoms with Crippen LogP contribution in [0.25, 0.3) is 6.08 Å². The number of hydrogen-bond acceptors (Lipinski definition) is 3. The Morgan fingerprint density at radius 1 is 1.16 bits per heavy atom. The van der Waals surface area contributed by atoms with Gasteiger partial charge in [0, 0.05) is 16.8 Å². The van der Waals surface area contributed by atoms with E-state index in [1.165, 1.54) is 6.08 Å². The molecule has 2 aromatic rings. The highest BCUT2D eigenvalue weighted by atomic mass is 16.5. The van der Waals surface area contributed by atoms with Crippen molar-refractivity contribution >= 4 is 17.5 Å². The fourth-order valence-corrected chi connectivity index (χ4v) is 1.76. The Bertz CT molecular complexity index is 618. The summed E-state index contributed by atoms with van der Waals surface area (Å²) in [5.41, 5.74) is 7.67. The largest absolute Gasteiger partial charge is 0.496 e. The van der Waals surface area contributed by atoms with Crippen LogP contribution >= 0.6 is 0 Å². The first kappa shape index (κ1) is 12.9. The second-order valence-corrected chi connectivity index (χ2v) is 4.06. The molecule has 0 spiro atoms. The van der Waals surface area contributed by atoms with Gasteiger partial charge in [-0.25, -0.2) is 0 Å². The lowest BCUT2D eigenvalue weighted by atomic mass is 10.1. The van der Waals surface area contributed by atoms with E-state index < -0.39 is 0 Å². The van der Waals surface area contributed by atoms with Gasteiger partial charge in [0.15, 0.2) is 5.78 Å². The summed E-state index contributed by atoms with van der Waals surface area (Å²) in [7, 11) is 1.60. The molecule has 0 atom stereocenters. The van der Waals surface area contributed by atoms with Gasteiger partial charge in [0.1, 0.15) is 5.75 Å². The molecule has 0 unspecified atom stereocenters. The summed E-state index contributed by atoms with van der Waals surface area (Å²) in [6.45, 7) is 0. The molecule has 0 radical (unpaired) electrons. The SMILES string of the molecule is COc1ccccc1C=CC(=O)c1cccc(N)c1. The number of allylic oxidation sites excluding steroid dienone is 1. The van der Waals surface area contributed by atoms with E-state index in [0.717, 1.165) is 11.3 Å². The number of para-hydroxylation sites is 1. The highest BCUT2D eigenvalue weighted by molar-refractivity contribution is 6.07. The first-order valence-electron chi connectivity index (χ1n) is 5.91. The number of carbonyl (C=O) groups is 1. The second-order valence-electron chi connectivity index (χ2n) is 4.06. The minimum Gasteiger partial charge on any atom is -0.496 e. The van der Waals surface area contributed by atoms with Crippen LogP contribution < -0.4 is 10.5 Å². The van der Waals surface area contributed by atoms with Crippen molar-refractivity contribution in [3.05, 3.63) is 65.7 Å². The average Bonchev–Trinajstić information content (AvgIpc) is 2.45. The van der Waals surface area contributed by atoms with Gasteiger partial charge in [0.2, 0.25) is 0 Å². The molecule has 96 valence electrons. The number of ether oxygens (including phenoxy) is 1. The maximum Gasteiger partial charge on any atom is 0.185 e. The highest BCUT2D eigenvalue weighted by Gasteiger charge is 2.03. The molecule has 0 saturated heterocycles. The van der Waals surface area contributed by atoms with Crippen molar-refractivity contribution in [1.29, 1.82) is 0 Å². The molecular weight excluding hydrogens is 238 g/mol. The average molecular weight is 253 g/mol. The lowest BCUT2D eigenvalue weighted by Crippen LogP contribution is -1.96. The third-order valence-corrected chi connectivity index (χ3v) is 2.72. The second kappa shape index (κ2) is 5.87. The standard InChI is InChI=1S/C16H15NO2/c1-19-16-8-3-2-5-12(16)9-10-15(18)13-6-4-7-14(17)11-13/h2-11H,17H2,1H3. The summed E-state index contributed by atoms with van der Waals surface area (Å²) in [6, 6.07) is 14.4.